The standard InChI is InChI=1S/C24H25N3O/c1-2-3-21-14-18(4-5-24(21)28)16-27-13-9-22(17-27)20-8-12-26-23(15-20)19-6-10-25-11-7-19/h2,4-8,10-12,14-15,22,28H,1,3,9,13,16-17H2. The Labute approximate surface area is 166 Å². The molecule has 1 unspecified atom stereocenters. The SMILES string of the molecule is C=CCc1cc(CN2CCC(c3ccnc(-c4ccncc4)c3)C2)ccc1O. The van der Waals surface area contributed by atoms with Crippen molar-refractivity contribution in [3.8, 4) is 17.0 Å². The first-order chi connectivity index (χ1) is 13.7. The number of benzene rings is 1. The van der Waals surface area contributed by atoms with Gasteiger partial charge in [-0.05, 0) is 72.3 Å². The highest BCUT2D eigenvalue weighted by Crippen LogP contribution is 2.30. The number of phenols is 1. The highest BCUT2D eigenvalue weighted by atomic mass is 16.3. The van der Waals surface area contributed by atoms with Gasteiger partial charge >= 0.3 is 0 Å². The van der Waals surface area contributed by atoms with Crippen molar-refractivity contribution in [3.05, 3.63) is 90.4 Å². The van der Waals surface area contributed by atoms with Gasteiger partial charge in [0.2, 0.25) is 0 Å². The number of hydrogen-bond donors (Lipinski definition) is 1. The minimum atomic E-state index is 0.350. The Bertz CT molecular complexity index is 955. The lowest BCUT2D eigenvalue weighted by Crippen LogP contribution is -2.19. The van der Waals surface area contributed by atoms with Crippen LogP contribution in [0.15, 0.2) is 73.7 Å². The zero-order valence-corrected chi connectivity index (χ0v) is 16.0. The molecule has 4 heteroatoms. The molecule has 0 spiro atoms. The van der Waals surface area contributed by atoms with Gasteiger partial charge in [0.1, 0.15) is 5.75 Å². The van der Waals surface area contributed by atoms with Gasteiger partial charge in [-0.3, -0.25) is 14.9 Å². The van der Waals surface area contributed by atoms with Crippen LogP contribution in [-0.2, 0) is 13.0 Å². The van der Waals surface area contributed by atoms with E-state index in [9.17, 15) is 5.11 Å². The normalized spacial score (nSPS) is 16.9. The van der Waals surface area contributed by atoms with E-state index in [4.69, 9.17) is 0 Å². The van der Waals surface area contributed by atoms with E-state index in [0.29, 0.717) is 18.1 Å². The van der Waals surface area contributed by atoms with E-state index < -0.39 is 0 Å². The fraction of sp³-hybridized carbons (Fsp3) is 0.250. The van der Waals surface area contributed by atoms with Crippen LogP contribution in [0, 0.1) is 0 Å². The van der Waals surface area contributed by atoms with Gasteiger partial charge in [-0.1, -0.05) is 18.2 Å². The van der Waals surface area contributed by atoms with Crippen LogP contribution in [0.5, 0.6) is 5.75 Å². The molecule has 0 aliphatic carbocycles. The summed E-state index contributed by atoms with van der Waals surface area (Å²) in [5.41, 5.74) is 5.64. The van der Waals surface area contributed by atoms with Gasteiger partial charge in [-0.25, -0.2) is 0 Å². The molecule has 1 atom stereocenters. The van der Waals surface area contributed by atoms with Gasteiger partial charge < -0.3 is 5.11 Å². The topological polar surface area (TPSA) is 49.2 Å². The van der Waals surface area contributed by atoms with Crippen molar-refractivity contribution in [1.29, 1.82) is 0 Å². The Balaban J connectivity index is 1.45. The Hall–Kier alpha value is -2.98. The molecule has 28 heavy (non-hydrogen) atoms. The van der Waals surface area contributed by atoms with Gasteiger partial charge in [0.25, 0.3) is 0 Å². The maximum absolute atomic E-state index is 9.97. The number of phenolic OH excluding ortho intramolecular Hbond substituents is 1. The first kappa shape index (κ1) is 18.4. The third kappa shape index (κ3) is 4.12. The molecule has 1 aromatic carbocycles. The predicted octanol–water partition coefficient (Wildman–Crippen LogP) is 4.57. The third-order valence-corrected chi connectivity index (χ3v) is 5.42. The van der Waals surface area contributed by atoms with Gasteiger partial charge in [0.05, 0.1) is 5.69 Å². The summed E-state index contributed by atoms with van der Waals surface area (Å²) in [6, 6.07) is 14.3. The van der Waals surface area contributed by atoms with Crippen molar-refractivity contribution in [2.45, 2.75) is 25.3 Å². The van der Waals surface area contributed by atoms with Crippen LogP contribution in [0.3, 0.4) is 0 Å². The number of pyridine rings is 2. The van der Waals surface area contributed by atoms with Gasteiger partial charge in [-0.2, -0.15) is 0 Å². The van der Waals surface area contributed by atoms with Crippen molar-refractivity contribution in [1.82, 2.24) is 14.9 Å². The van der Waals surface area contributed by atoms with Crippen molar-refractivity contribution < 1.29 is 5.11 Å². The molecule has 2 aromatic heterocycles. The fourth-order valence-electron chi connectivity index (χ4n) is 3.94. The largest absolute Gasteiger partial charge is 0.508 e. The van der Waals surface area contributed by atoms with E-state index in [0.717, 1.165) is 42.9 Å². The van der Waals surface area contributed by atoms with E-state index >= 15 is 0 Å². The monoisotopic (exact) mass is 371 g/mol. The molecular weight excluding hydrogens is 346 g/mol. The number of aromatic hydroxyl groups is 1. The van der Waals surface area contributed by atoms with Crippen LogP contribution in [0.25, 0.3) is 11.3 Å². The maximum atomic E-state index is 9.97. The van der Waals surface area contributed by atoms with Crippen LogP contribution in [0.2, 0.25) is 0 Å². The molecule has 0 amide bonds. The molecule has 0 bridgehead atoms. The van der Waals surface area contributed by atoms with E-state index in [1.807, 2.05) is 30.5 Å². The average Bonchev–Trinajstić information content (AvgIpc) is 3.20. The molecule has 142 valence electrons. The van der Waals surface area contributed by atoms with Gasteiger partial charge in [0, 0.05) is 37.2 Å². The molecule has 1 aliphatic rings. The minimum absolute atomic E-state index is 0.350. The fourth-order valence-corrected chi connectivity index (χ4v) is 3.94. The summed E-state index contributed by atoms with van der Waals surface area (Å²) in [4.78, 5) is 11.1. The highest BCUT2D eigenvalue weighted by Gasteiger charge is 2.24. The molecule has 1 fully saturated rings. The Morgan fingerprint density at radius 1 is 1.11 bits per heavy atom. The zero-order valence-electron chi connectivity index (χ0n) is 16.0. The third-order valence-electron chi connectivity index (χ3n) is 5.42. The van der Waals surface area contributed by atoms with E-state index in [1.54, 1.807) is 18.5 Å². The number of rotatable bonds is 6. The molecule has 4 nitrogen and oxygen atoms in total. The molecular formula is C24H25N3O. The lowest BCUT2D eigenvalue weighted by Gasteiger charge is -2.17. The molecule has 3 heterocycles. The summed E-state index contributed by atoms with van der Waals surface area (Å²) < 4.78 is 0. The number of nitrogens with zero attached hydrogens (tertiary/aromatic N) is 3. The van der Waals surface area contributed by atoms with Crippen molar-refractivity contribution in [3.63, 3.8) is 0 Å². The van der Waals surface area contributed by atoms with Crippen LogP contribution in [0.1, 0.15) is 29.0 Å². The summed E-state index contributed by atoms with van der Waals surface area (Å²) in [7, 11) is 0. The molecule has 1 saturated heterocycles. The van der Waals surface area contributed by atoms with Crippen LogP contribution in [0.4, 0.5) is 0 Å². The molecule has 4 rings (SSSR count). The van der Waals surface area contributed by atoms with Gasteiger partial charge in [-0.15, -0.1) is 6.58 Å². The Morgan fingerprint density at radius 3 is 2.79 bits per heavy atom. The molecule has 3 aromatic rings. The predicted molar refractivity (Wildman–Crippen MR) is 112 cm³/mol. The molecule has 0 radical (unpaired) electrons. The summed E-state index contributed by atoms with van der Waals surface area (Å²) in [5.74, 6) is 0.872. The van der Waals surface area contributed by atoms with Crippen molar-refractivity contribution in [2.75, 3.05) is 13.1 Å². The van der Waals surface area contributed by atoms with Crippen molar-refractivity contribution in [2.24, 2.45) is 0 Å². The van der Waals surface area contributed by atoms with E-state index in [1.165, 1.54) is 11.1 Å². The van der Waals surface area contributed by atoms with Crippen molar-refractivity contribution >= 4 is 0 Å². The second-order valence-electron chi connectivity index (χ2n) is 7.39. The second-order valence-corrected chi connectivity index (χ2v) is 7.39. The zero-order chi connectivity index (χ0) is 19.3. The van der Waals surface area contributed by atoms with Crippen LogP contribution < -0.4 is 0 Å². The summed E-state index contributed by atoms with van der Waals surface area (Å²) in [6.07, 6.45) is 9.19. The first-order valence-electron chi connectivity index (χ1n) is 9.73. The molecule has 1 aliphatic heterocycles. The highest BCUT2D eigenvalue weighted by molar-refractivity contribution is 5.59. The lowest BCUT2D eigenvalue weighted by molar-refractivity contribution is 0.326. The summed E-state index contributed by atoms with van der Waals surface area (Å²) >= 11 is 0. The first-order valence-corrected chi connectivity index (χ1v) is 9.73. The Kier molecular flexibility index (Phi) is 5.49. The quantitative estimate of drug-likeness (QED) is 0.645. The van der Waals surface area contributed by atoms with Crippen LogP contribution >= 0.6 is 0 Å². The maximum Gasteiger partial charge on any atom is 0.119 e. The number of hydrogen-bond acceptors (Lipinski definition) is 4. The number of aromatic nitrogens is 2. The van der Waals surface area contributed by atoms with E-state index in [2.05, 4.69) is 39.6 Å². The molecule has 1 N–H and O–H groups in total. The smallest absolute Gasteiger partial charge is 0.119 e. The number of likely N-dealkylation sites (tertiary alicyclic amines) is 1. The minimum Gasteiger partial charge on any atom is -0.508 e. The Morgan fingerprint density at radius 2 is 1.96 bits per heavy atom. The van der Waals surface area contributed by atoms with E-state index in [-0.39, 0.29) is 0 Å². The van der Waals surface area contributed by atoms with Gasteiger partial charge in [0.15, 0.2) is 0 Å². The lowest BCUT2D eigenvalue weighted by atomic mass is 9.97. The summed E-state index contributed by atoms with van der Waals surface area (Å²) in [5, 5.41) is 9.97. The molecule has 0 saturated carbocycles. The summed E-state index contributed by atoms with van der Waals surface area (Å²) in [6.45, 7) is 6.80. The van der Waals surface area contributed by atoms with Crippen LogP contribution in [-0.4, -0.2) is 33.1 Å². The number of allylic oxidation sites excluding steroid dienone is 1. The average molecular weight is 371 g/mol. The second kappa shape index (κ2) is 8.36.